The molecule has 2 aromatic carbocycles. The third-order valence-corrected chi connectivity index (χ3v) is 6.49. The summed E-state index contributed by atoms with van der Waals surface area (Å²) in [7, 11) is 6.84. The van der Waals surface area contributed by atoms with Crippen molar-refractivity contribution in [3.8, 4) is 11.5 Å². The van der Waals surface area contributed by atoms with Gasteiger partial charge in [-0.15, -0.1) is 0 Å². The second kappa shape index (κ2) is 17.2. The van der Waals surface area contributed by atoms with Crippen molar-refractivity contribution >= 4 is 17.9 Å². The van der Waals surface area contributed by atoms with E-state index < -0.39 is 5.82 Å². The number of hydrogen-bond donors (Lipinski definition) is 2. The van der Waals surface area contributed by atoms with Gasteiger partial charge in [0, 0.05) is 63.2 Å². The lowest BCUT2D eigenvalue weighted by atomic mass is 10.1. The smallest absolute Gasteiger partial charge is 0.227 e. The van der Waals surface area contributed by atoms with E-state index in [2.05, 4.69) is 42.5 Å². The SMILES string of the molecule is CNC.COCCN1CCN(CCc2cccc(Nc3ncc(OCc4cc(C=O)cc(OC)c4F)cn3)c2)CC1. The van der Waals surface area contributed by atoms with Crippen LogP contribution >= 0.6 is 0 Å². The van der Waals surface area contributed by atoms with Crippen LogP contribution in [-0.2, 0) is 17.8 Å². The number of piperazine rings is 1. The van der Waals surface area contributed by atoms with Crippen molar-refractivity contribution in [2.24, 2.45) is 0 Å². The predicted octanol–water partition coefficient (Wildman–Crippen LogP) is 3.40. The lowest BCUT2D eigenvalue weighted by molar-refractivity contribution is 0.0976. The Hall–Kier alpha value is -3.64. The van der Waals surface area contributed by atoms with E-state index in [-0.39, 0.29) is 17.9 Å². The average molecular weight is 569 g/mol. The number of ether oxygens (including phenoxy) is 3. The van der Waals surface area contributed by atoms with Crippen LogP contribution in [-0.4, -0.2) is 100 Å². The molecule has 0 unspecified atom stereocenters. The van der Waals surface area contributed by atoms with Crippen LogP contribution < -0.4 is 20.1 Å². The standard InChI is InChI=1S/C28H34FN5O4.C2H7N/c1-36-13-12-34-10-8-33(9-11-34)7-6-21-4-3-5-24(15-21)32-28-30-17-25(18-31-28)38-20-23-14-22(19-35)16-26(37-2)27(23)29;1-3-2/h3-5,14-19H,6-13,20H2,1-2H3,(H,30,31,32);3H,1-2H3. The number of aromatic nitrogens is 2. The van der Waals surface area contributed by atoms with Crippen molar-refractivity contribution in [1.29, 1.82) is 0 Å². The molecule has 11 heteroatoms. The van der Waals surface area contributed by atoms with Gasteiger partial charge in [-0.3, -0.25) is 9.69 Å². The normalized spacial score (nSPS) is 13.7. The minimum absolute atomic E-state index is 0.00764. The third-order valence-electron chi connectivity index (χ3n) is 6.49. The minimum atomic E-state index is -0.568. The summed E-state index contributed by atoms with van der Waals surface area (Å²) in [6.45, 7) is 7.02. The highest BCUT2D eigenvalue weighted by atomic mass is 19.1. The Morgan fingerprint density at radius 3 is 2.32 bits per heavy atom. The van der Waals surface area contributed by atoms with E-state index in [1.54, 1.807) is 7.11 Å². The summed E-state index contributed by atoms with van der Waals surface area (Å²) in [5.41, 5.74) is 2.66. The van der Waals surface area contributed by atoms with Crippen LogP contribution in [0.15, 0.2) is 48.8 Å². The molecular weight excluding hydrogens is 527 g/mol. The predicted molar refractivity (Wildman–Crippen MR) is 158 cm³/mol. The maximum Gasteiger partial charge on any atom is 0.227 e. The van der Waals surface area contributed by atoms with E-state index in [1.165, 1.54) is 37.2 Å². The molecule has 0 amide bonds. The fourth-order valence-electron chi connectivity index (χ4n) is 4.29. The van der Waals surface area contributed by atoms with Gasteiger partial charge in [0.15, 0.2) is 17.3 Å². The van der Waals surface area contributed by atoms with Crippen molar-refractivity contribution < 1.29 is 23.4 Å². The molecule has 1 aromatic heterocycles. The molecule has 3 aromatic rings. The lowest BCUT2D eigenvalue weighted by Gasteiger charge is -2.34. The monoisotopic (exact) mass is 568 g/mol. The summed E-state index contributed by atoms with van der Waals surface area (Å²) in [4.78, 5) is 24.7. The van der Waals surface area contributed by atoms with Gasteiger partial charge >= 0.3 is 0 Å². The van der Waals surface area contributed by atoms with Crippen molar-refractivity contribution in [1.82, 2.24) is 25.1 Å². The fraction of sp³-hybridized carbons (Fsp3) is 0.433. The first-order chi connectivity index (χ1) is 20.0. The number of nitrogens with one attached hydrogen (secondary N) is 2. The number of halogens is 1. The first kappa shape index (κ1) is 31.9. The van der Waals surface area contributed by atoms with Crippen molar-refractivity contribution in [3.63, 3.8) is 0 Å². The molecule has 0 aliphatic carbocycles. The summed E-state index contributed by atoms with van der Waals surface area (Å²) >= 11 is 0. The zero-order valence-electron chi connectivity index (χ0n) is 24.4. The molecule has 2 heterocycles. The second-order valence-corrected chi connectivity index (χ2v) is 9.60. The molecule has 41 heavy (non-hydrogen) atoms. The molecule has 1 aliphatic rings. The van der Waals surface area contributed by atoms with Crippen LogP contribution in [0, 0.1) is 5.82 Å². The molecule has 10 nitrogen and oxygen atoms in total. The van der Waals surface area contributed by atoms with E-state index in [0.717, 1.165) is 58.0 Å². The zero-order valence-corrected chi connectivity index (χ0v) is 24.4. The minimum Gasteiger partial charge on any atom is -0.494 e. The highest BCUT2D eigenvalue weighted by Gasteiger charge is 2.16. The van der Waals surface area contributed by atoms with E-state index >= 15 is 0 Å². The summed E-state index contributed by atoms with van der Waals surface area (Å²) in [6, 6.07) is 11.0. The average Bonchev–Trinajstić information content (AvgIpc) is 3.00. The maximum atomic E-state index is 14.5. The van der Waals surface area contributed by atoms with Gasteiger partial charge in [-0.05, 0) is 50.3 Å². The summed E-state index contributed by atoms with van der Waals surface area (Å²) in [5.74, 6) is 0.229. The Balaban J connectivity index is 0.00000147. The second-order valence-electron chi connectivity index (χ2n) is 9.60. The number of benzene rings is 2. The van der Waals surface area contributed by atoms with E-state index in [1.807, 2.05) is 26.2 Å². The number of carbonyl (C=O) groups is 1. The van der Waals surface area contributed by atoms with Crippen molar-refractivity contribution in [2.45, 2.75) is 13.0 Å². The molecule has 1 fully saturated rings. The van der Waals surface area contributed by atoms with Crippen LogP contribution in [0.4, 0.5) is 16.0 Å². The number of methoxy groups -OCH3 is 2. The van der Waals surface area contributed by atoms with Crippen molar-refractivity contribution in [3.05, 3.63) is 71.3 Å². The summed E-state index contributed by atoms with van der Waals surface area (Å²) in [5, 5.41) is 5.97. The van der Waals surface area contributed by atoms with Crippen molar-refractivity contribution in [2.75, 3.05) is 79.5 Å². The molecule has 1 aliphatic heterocycles. The third kappa shape index (κ3) is 10.4. The quantitative estimate of drug-likeness (QED) is 0.299. The van der Waals surface area contributed by atoms with Gasteiger partial charge in [-0.1, -0.05) is 12.1 Å². The number of nitrogens with zero attached hydrogens (tertiary/aromatic N) is 4. The summed E-state index contributed by atoms with van der Waals surface area (Å²) < 4.78 is 30.3. The maximum absolute atomic E-state index is 14.5. The first-order valence-electron chi connectivity index (χ1n) is 13.6. The number of hydrogen-bond acceptors (Lipinski definition) is 10. The zero-order chi connectivity index (χ0) is 29.5. The Labute approximate surface area is 241 Å². The molecule has 2 N–H and O–H groups in total. The van der Waals surface area contributed by atoms with Crippen LogP contribution in [0.3, 0.4) is 0 Å². The molecule has 0 radical (unpaired) electrons. The Bertz CT molecular complexity index is 1210. The van der Waals surface area contributed by atoms with E-state index in [4.69, 9.17) is 14.2 Å². The Morgan fingerprint density at radius 2 is 1.68 bits per heavy atom. The molecule has 0 atom stereocenters. The molecule has 0 spiro atoms. The topological polar surface area (TPSA) is 101 Å². The first-order valence-corrected chi connectivity index (χ1v) is 13.6. The van der Waals surface area contributed by atoms with Gasteiger partial charge in [0.25, 0.3) is 0 Å². The van der Waals surface area contributed by atoms with Gasteiger partial charge in [-0.2, -0.15) is 0 Å². The fourth-order valence-corrected chi connectivity index (χ4v) is 4.29. The van der Waals surface area contributed by atoms with Crippen LogP contribution in [0.25, 0.3) is 0 Å². The molecule has 0 saturated carbocycles. The van der Waals surface area contributed by atoms with Gasteiger partial charge in [0.05, 0.1) is 26.1 Å². The summed E-state index contributed by atoms with van der Waals surface area (Å²) in [6.07, 6.45) is 4.64. The molecule has 4 rings (SSSR count). The van der Waals surface area contributed by atoms with Crippen LogP contribution in [0.1, 0.15) is 21.5 Å². The highest BCUT2D eigenvalue weighted by molar-refractivity contribution is 5.76. The highest BCUT2D eigenvalue weighted by Crippen LogP contribution is 2.24. The van der Waals surface area contributed by atoms with Crippen LogP contribution in [0.5, 0.6) is 11.5 Å². The van der Waals surface area contributed by atoms with Gasteiger partial charge in [-0.25, -0.2) is 14.4 Å². The number of carbonyl (C=O) groups excluding carboxylic acids is 1. The number of aldehydes is 1. The van der Waals surface area contributed by atoms with Gasteiger partial charge < -0.3 is 29.7 Å². The van der Waals surface area contributed by atoms with Crippen LogP contribution in [0.2, 0.25) is 0 Å². The Kier molecular flexibility index (Phi) is 13.4. The van der Waals surface area contributed by atoms with E-state index in [9.17, 15) is 9.18 Å². The Morgan fingerprint density at radius 1 is 1.00 bits per heavy atom. The largest absolute Gasteiger partial charge is 0.494 e. The molecule has 1 saturated heterocycles. The van der Waals surface area contributed by atoms with Gasteiger partial charge in [0.2, 0.25) is 5.95 Å². The molecule has 222 valence electrons. The number of rotatable bonds is 13. The lowest BCUT2D eigenvalue weighted by Crippen LogP contribution is -2.47. The molecular formula is C30H41FN6O4. The van der Waals surface area contributed by atoms with Gasteiger partial charge in [0.1, 0.15) is 12.9 Å². The van der Waals surface area contributed by atoms with E-state index in [0.29, 0.717) is 23.5 Å². The number of anilines is 2. The molecule has 0 bridgehead atoms.